The third-order valence-electron chi connectivity index (χ3n) is 4.97. The molecule has 0 aromatic heterocycles. The van der Waals surface area contributed by atoms with Crippen LogP contribution in [0.5, 0.6) is 0 Å². The third-order valence-corrected chi connectivity index (χ3v) is 6.83. The second-order valence-corrected chi connectivity index (χ2v) is 9.34. The number of ether oxygens (including phenoxy) is 1. The summed E-state index contributed by atoms with van der Waals surface area (Å²) in [6.45, 7) is 9.87. The molecule has 1 atom stereocenters. The van der Waals surface area contributed by atoms with Gasteiger partial charge in [0, 0.05) is 33.2 Å². The molecule has 1 aromatic carbocycles. The number of aryl methyl sites for hydroxylation is 1. The zero-order valence-electron chi connectivity index (χ0n) is 17.5. The summed E-state index contributed by atoms with van der Waals surface area (Å²) in [5.74, 6) is 0.995. The largest absolute Gasteiger partial charge is 0.370 e. The fraction of sp³-hybridized carbons (Fsp3) is 0.650. The fourth-order valence-corrected chi connectivity index (χ4v) is 4.09. The number of morpholine rings is 1. The first-order valence-corrected chi connectivity index (χ1v) is 11.6. The summed E-state index contributed by atoms with van der Waals surface area (Å²) in [6.07, 6.45) is 0.718. The summed E-state index contributed by atoms with van der Waals surface area (Å²) >= 11 is 0. The lowest BCUT2D eigenvalue weighted by molar-refractivity contribution is -0.00832. The van der Waals surface area contributed by atoms with Crippen molar-refractivity contribution in [3.05, 3.63) is 35.4 Å². The molecule has 0 bridgehead atoms. The predicted molar refractivity (Wildman–Crippen MR) is 114 cm³/mol. The van der Waals surface area contributed by atoms with E-state index in [1.807, 2.05) is 12.1 Å². The van der Waals surface area contributed by atoms with E-state index in [1.165, 1.54) is 15.4 Å². The van der Waals surface area contributed by atoms with E-state index >= 15 is 0 Å². The Hall–Kier alpha value is -1.64. The van der Waals surface area contributed by atoms with Crippen molar-refractivity contribution >= 4 is 16.0 Å². The van der Waals surface area contributed by atoms with Crippen molar-refractivity contribution in [3.63, 3.8) is 0 Å². The van der Waals surface area contributed by atoms with Crippen LogP contribution in [0.15, 0.2) is 29.3 Å². The molecule has 1 aliphatic rings. The Kier molecular flexibility index (Phi) is 8.72. The Bertz CT molecular complexity index is 752. The minimum atomic E-state index is -3.13. The van der Waals surface area contributed by atoms with Gasteiger partial charge in [-0.15, -0.1) is 0 Å². The molecule has 28 heavy (non-hydrogen) atoms. The first-order valence-electron chi connectivity index (χ1n) is 10.0. The van der Waals surface area contributed by atoms with Crippen LogP contribution in [0.2, 0.25) is 0 Å². The van der Waals surface area contributed by atoms with E-state index < -0.39 is 10.0 Å². The number of hydrogen-bond donors (Lipinski definition) is 1. The van der Waals surface area contributed by atoms with E-state index in [4.69, 9.17) is 9.73 Å². The summed E-state index contributed by atoms with van der Waals surface area (Å²) in [5, 5.41) is 3.36. The van der Waals surface area contributed by atoms with E-state index in [0.717, 1.165) is 25.6 Å². The SMILES string of the molecule is CCNC(=NCCCN(C)S(=O)(=O)CC)N1CCOC(c2ccccc2C)C1. The summed E-state index contributed by atoms with van der Waals surface area (Å²) in [6, 6.07) is 8.32. The van der Waals surface area contributed by atoms with Crippen LogP contribution in [0, 0.1) is 6.92 Å². The number of guanidine groups is 1. The number of hydrogen-bond acceptors (Lipinski definition) is 4. The summed E-state index contributed by atoms with van der Waals surface area (Å²) < 4.78 is 31.1. The van der Waals surface area contributed by atoms with E-state index in [2.05, 4.69) is 36.2 Å². The maximum Gasteiger partial charge on any atom is 0.213 e. The van der Waals surface area contributed by atoms with Crippen LogP contribution >= 0.6 is 0 Å². The van der Waals surface area contributed by atoms with Crippen LogP contribution in [0.3, 0.4) is 0 Å². The smallest absolute Gasteiger partial charge is 0.213 e. The molecule has 1 aromatic rings. The van der Waals surface area contributed by atoms with Gasteiger partial charge in [0.1, 0.15) is 6.10 Å². The summed E-state index contributed by atoms with van der Waals surface area (Å²) in [7, 11) is -1.50. The molecule has 8 heteroatoms. The van der Waals surface area contributed by atoms with Gasteiger partial charge in [-0.25, -0.2) is 12.7 Å². The van der Waals surface area contributed by atoms with Crippen LogP contribution in [0.1, 0.15) is 37.5 Å². The van der Waals surface area contributed by atoms with E-state index in [9.17, 15) is 8.42 Å². The Balaban J connectivity index is 1.98. The zero-order valence-corrected chi connectivity index (χ0v) is 18.3. The number of benzene rings is 1. The van der Waals surface area contributed by atoms with Gasteiger partial charge in [-0.2, -0.15) is 0 Å². The number of rotatable bonds is 8. The van der Waals surface area contributed by atoms with Crippen LogP contribution < -0.4 is 5.32 Å². The Labute approximate surface area is 169 Å². The van der Waals surface area contributed by atoms with Crippen LogP contribution in [0.25, 0.3) is 0 Å². The number of sulfonamides is 1. The first-order chi connectivity index (χ1) is 13.4. The highest BCUT2D eigenvalue weighted by molar-refractivity contribution is 7.89. The fourth-order valence-electron chi connectivity index (χ4n) is 3.24. The van der Waals surface area contributed by atoms with Gasteiger partial charge >= 0.3 is 0 Å². The molecule has 1 unspecified atom stereocenters. The maximum absolute atomic E-state index is 11.8. The van der Waals surface area contributed by atoms with E-state index in [1.54, 1.807) is 14.0 Å². The lowest BCUT2D eigenvalue weighted by atomic mass is 10.0. The molecule has 158 valence electrons. The minimum absolute atomic E-state index is 0.0274. The molecular formula is C20H34N4O3S. The predicted octanol–water partition coefficient (Wildman–Crippen LogP) is 2.01. The average Bonchev–Trinajstić information content (AvgIpc) is 2.70. The molecule has 0 radical (unpaired) electrons. The molecule has 1 saturated heterocycles. The first kappa shape index (κ1) is 22.6. The third kappa shape index (κ3) is 6.18. The van der Waals surface area contributed by atoms with Crippen molar-refractivity contribution in [3.8, 4) is 0 Å². The normalized spacial score (nSPS) is 18.5. The Morgan fingerprint density at radius 1 is 1.36 bits per heavy atom. The van der Waals surface area contributed by atoms with Gasteiger partial charge in [-0.3, -0.25) is 4.99 Å². The highest BCUT2D eigenvalue weighted by Crippen LogP contribution is 2.24. The van der Waals surface area contributed by atoms with E-state index in [0.29, 0.717) is 26.1 Å². The van der Waals surface area contributed by atoms with Crippen LogP contribution in [-0.2, 0) is 14.8 Å². The highest BCUT2D eigenvalue weighted by atomic mass is 32.2. The van der Waals surface area contributed by atoms with Crippen molar-refractivity contribution in [2.45, 2.75) is 33.3 Å². The molecule has 1 N–H and O–H groups in total. The average molecular weight is 411 g/mol. The van der Waals surface area contributed by atoms with Gasteiger partial charge in [-0.05, 0) is 38.3 Å². The lowest BCUT2D eigenvalue weighted by Crippen LogP contribution is -2.48. The lowest BCUT2D eigenvalue weighted by Gasteiger charge is -2.35. The van der Waals surface area contributed by atoms with Gasteiger partial charge in [-0.1, -0.05) is 24.3 Å². The second kappa shape index (κ2) is 10.8. The molecule has 1 heterocycles. The van der Waals surface area contributed by atoms with Crippen LogP contribution in [0.4, 0.5) is 0 Å². The van der Waals surface area contributed by atoms with Crippen LogP contribution in [-0.4, -0.2) is 75.7 Å². The molecule has 0 saturated carbocycles. The standard InChI is InChI=1S/C20H34N4O3S/c1-5-21-20(22-12-9-13-23(4)28(25,26)6-2)24-14-15-27-19(16-24)18-11-8-7-10-17(18)3/h7-8,10-11,19H,5-6,9,12-16H2,1-4H3,(H,21,22). The molecule has 0 spiro atoms. The molecule has 0 aliphatic carbocycles. The van der Waals surface area contributed by atoms with Crippen molar-refractivity contribution in [2.75, 3.05) is 52.1 Å². The zero-order chi connectivity index (χ0) is 20.6. The minimum Gasteiger partial charge on any atom is -0.370 e. The topological polar surface area (TPSA) is 74.2 Å². The monoisotopic (exact) mass is 410 g/mol. The number of nitrogens with one attached hydrogen (secondary N) is 1. The Morgan fingerprint density at radius 3 is 2.79 bits per heavy atom. The molecule has 1 fully saturated rings. The molecular weight excluding hydrogens is 376 g/mol. The quantitative estimate of drug-likeness (QED) is 0.403. The van der Waals surface area contributed by atoms with Gasteiger partial charge in [0.2, 0.25) is 10.0 Å². The van der Waals surface area contributed by atoms with Crippen molar-refractivity contribution in [1.29, 1.82) is 0 Å². The molecule has 2 rings (SSSR count). The molecule has 1 aliphatic heterocycles. The Morgan fingerprint density at radius 2 is 2.11 bits per heavy atom. The second-order valence-electron chi connectivity index (χ2n) is 6.97. The van der Waals surface area contributed by atoms with Crippen molar-refractivity contribution in [2.24, 2.45) is 4.99 Å². The molecule has 7 nitrogen and oxygen atoms in total. The number of aliphatic imine (C=N–C) groups is 1. The van der Waals surface area contributed by atoms with Gasteiger partial charge in [0.15, 0.2) is 5.96 Å². The van der Waals surface area contributed by atoms with Gasteiger partial charge in [0.25, 0.3) is 0 Å². The van der Waals surface area contributed by atoms with Gasteiger partial charge < -0.3 is 15.0 Å². The maximum atomic E-state index is 11.8. The summed E-state index contributed by atoms with van der Waals surface area (Å²) in [5.41, 5.74) is 2.45. The summed E-state index contributed by atoms with van der Waals surface area (Å²) in [4.78, 5) is 6.95. The van der Waals surface area contributed by atoms with Gasteiger partial charge in [0.05, 0.1) is 18.9 Å². The number of nitrogens with zero attached hydrogens (tertiary/aromatic N) is 3. The molecule has 0 amide bonds. The highest BCUT2D eigenvalue weighted by Gasteiger charge is 2.25. The van der Waals surface area contributed by atoms with Crippen molar-refractivity contribution < 1.29 is 13.2 Å². The van der Waals surface area contributed by atoms with Crippen molar-refractivity contribution in [1.82, 2.24) is 14.5 Å². The van der Waals surface area contributed by atoms with E-state index in [-0.39, 0.29) is 11.9 Å².